The van der Waals surface area contributed by atoms with Gasteiger partial charge in [-0.05, 0) is 43.4 Å². The normalized spacial score (nSPS) is 22.8. The van der Waals surface area contributed by atoms with Crippen LogP contribution >= 0.6 is 12.4 Å². The van der Waals surface area contributed by atoms with Crippen LogP contribution in [0.3, 0.4) is 0 Å². The zero-order valence-electron chi connectivity index (χ0n) is 10.8. The fourth-order valence-corrected chi connectivity index (χ4v) is 2.30. The first-order chi connectivity index (χ1) is 7.63. The SMILES string of the molecule is CCC(C)C(N)C(=O)NC(C1CC1)C1CC1.Cl. The summed E-state index contributed by atoms with van der Waals surface area (Å²) in [6, 6.07) is 0.104. The predicted molar refractivity (Wildman–Crippen MR) is 72.1 cm³/mol. The fraction of sp³-hybridized carbons (Fsp3) is 0.923. The van der Waals surface area contributed by atoms with Crippen molar-refractivity contribution in [1.82, 2.24) is 5.32 Å². The van der Waals surface area contributed by atoms with Gasteiger partial charge in [-0.15, -0.1) is 12.4 Å². The van der Waals surface area contributed by atoms with Gasteiger partial charge in [0.05, 0.1) is 6.04 Å². The van der Waals surface area contributed by atoms with Gasteiger partial charge >= 0.3 is 0 Å². The van der Waals surface area contributed by atoms with Crippen LogP contribution in [0.15, 0.2) is 0 Å². The van der Waals surface area contributed by atoms with Crippen molar-refractivity contribution in [1.29, 1.82) is 0 Å². The first kappa shape index (κ1) is 14.8. The highest BCUT2D eigenvalue weighted by molar-refractivity contribution is 5.85. The lowest BCUT2D eigenvalue weighted by molar-refractivity contribution is -0.124. The zero-order chi connectivity index (χ0) is 11.7. The van der Waals surface area contributed by atoms with Crippen molar-refractivity contribution in [2.24, 2.45) is 23.5 Å². The molecule has 0 aliphatic heterocycles. The maximum atomic E-state index is 12.0. The summed E-state index contributed by atoms with van der Waals surface area (Å²) in [4.78, 5) is 12.0. The summed E-state index contributed by atoms with van der Waals surface area (Å²) in [6.07, 6.45) is 6.13. The molecule has 0 aromatic heterocycles. The quantitative estimate of drug-likeness (QED) is 0.768. The van der Waals surface area contributed by atoms with E-state index in [0.29, 0.717) is 6.04 Å². The van der Waals surface area contributed by atoms with Crippen molar-refractivity contribution in [3.05, 3.63) is 0 Å². The highest BCUT2D eigenvalue weighted by atomic mass is 35.5. The third-order valence-electron chi connectivity index (χ3n) is 4.13. The number of carbonyl (C=O) groups is 1. The lowest BCUT2D eigenvalue weighted by atomic mass is 9.98. The van der Waals surface area contributed by atoms with Gasteiger partial charge in [-0.2, -0.15) is 0 Å². The van der Waals surface area contributed by atoms with E-state index in [-0.39, 0.29) is 30.3 Å². The van der Waals surface area contributed by atoms with Crippen molar-refractivity contribution in [2.45, 2.75) is 58.0 Å². The molecule has 3 N–H and O–H groups in total. The molecule has 1 amide bonds. The Hall–Kier alpha value is -0.280. The molecule has 0 aromatic carbocycles. The third-order valence-corrected chi connectivity index (χ3v) is 4.13. The minimum absolute atomic E-state index is 0. The Morgan fingerprint density at radius 3 is 2.12 bits per heavy atom. The van der Waals surface area contributed by atoms with E-state index in [0.717, 1.165) is 18.3 Å². The number of amides is 1. The molecule has 3 nitrogen and oxygen atoms in total. The van der Waals surface area contributed by atoms with Crippen molar-refractivity contribution in [2.75, 3.05) is 0 Å². The van der Waals surface area contributed by atoms with E-state index in [2.05, 4.69) is 12.2 Å². The fourth-order valence-electron chi connectivity index (χ4n) is 2.30. The van der Waals surface area contributed by atoms with Crippen LogP contribution in [-0.2, 0) is 4.79 Å². The number of carbonyl (C=O) groups excluding carboxylic acids is 1. The molecule has 2 atom stereocenters. The average Bonchev–Trinajstić information content (AvgIpc) is 3.15. The van der Waals surface area contributed by atoms with E-state index < -0.39 is 0 Å². The van der Waals surface area contributed by atoms with E-state index in [9.17, 15) is 4.79 Å². The number of nitrogens with two attached hydrogens (primary N) is 1. The standard InChI is InChI=1S/C13H24N2O.ClH/c1-3-8(2)11(14)13(16)15-12(9-4-5-9)10-6-7-10;/h8-12H,3-7,14H2,1-2H3,(H,15,16);1H. The second-order valence-electron chi connectivity index (χ2n) is 5.62. The lowest BCUT2D eigenvalue weighted by Gasteiger charge is -2.23. The van der Waals surface area contributed by atoms with Gasteiger partial charge in [0.2, 0.25) is 5.91 Å². The van der Waals surface area contributed by atoms with Crippen LogP contribution in [-0.4, -0.2) is 18.0 Å². The minimum atomic E-state index is -0.329. The molecule has 2 aliphatic rings. The second kappa shape index (κ2) is 6.05. The number of nitrogens with one attached hydrogen (secondary N) is 1. The summed E-state index contributed by atoms with van der Waals surface area (Å²) in [5.74, 6) is 1.85. The van der Waals surface area contributed by atoms with Crippen LogP contribution in [0.4, 0.5) is 0 Å². The summed E-state index contributed by atoms with van der Waals surface area (Å²) < 4.78 is 0. The largest absolute Gasteiger partial charge is 0.351 e. The molecule has 0 aromatic rings. The maximum Gasteiger partial charge on any atom is 0.237 e. The van der Waals surface area contributed by atoms with E-state index in [1.165, 1.54) is 25.7 Å². The first-order valence-electron chi connectivity index (χ1n) is 6.69. The molecule has 4 heteroatoms. The summed E-state index contributed by atoms with van der Waals surface area (Å²) in [5, 5.41) is 3.19. The Bertz CT molecular complexity index is 252. The molecule has 2 fully saturated rings. The molecule has 2 saturated carbocycles. The number of rotatable bonds is 6. The smallest absolute Gasteiger partial charge is 0.237 e. The maximum absolute atomic E-state index is 12.0. The molecule has 0 heterocycles. The Morgan fingerprint density at radius 2 is 1.76 bits per heavy atom. The van der Waals surface area contributed by atoms with Crippen LogP contribution in [0.5, 0.6) is 0 Å². The molecule has 2 rings (SSSR count). The number of hydrogen-bond donors (Lipinski definition) is 2. The van der Waals surface area contributed by atoms with Crippen molar-refractivity contribution in [3.63, 3.8) is 0 Å². The molecule has 100 valence electrons. The molecule has 17 heavy (non-hydrogen) atoms. The van der Waals surface area contributed by atoms with Gasteiger partial charge in [0.1, 0.15) is 0 Å². The van der Waals surface area contributed by atoms with Crippen LogP contribution in [0.2, 0.25) is 0 Å². The zero-order valence-corrected chi connectivity index (χ0v) is 11.6. The molecule has 0 spiro atoms. The third kappa shape index (κ3) is 3.85. The predicted octanol–water partition coefficient (Wildman–Crippen LogP) is 2.09. The molecular weight excluding hydrogens is 236 g/mol. The van der Waals surface area contributed by atoms with Crippen LogP contribution in [0.25, 0.3) is 0 Å². The minimum Gasteiger partial charge on any atom is -0.351 e. The molecule has 0 saturated heterocycles. The lowest BCUT2D eigenvalue weighted by Crippen LogP contribution is -2.49. The summed E-state index contributed by atoms with van der Waals surface area (Å²) in [6.45, 7) is 4.13. The van der Waals surface area contributed by atoms with E-state index in [1.54, 1.807) is 0 Å². The number of hydrogen-bond acceptors (Lipinski definition) is 2. The topological polar surface area (TPSA) is 55.1 Å². The van der Waals surface area contributed by atoms with Gasteiger partial charge in [-0.1, -0.05) is 20.3 Å². The number of halogens is 1. The summed E-state index contributed by atoms with van der Waals surface area (Å²) >= 11 is 0. The van der Waals surface area contributed by atoms with Gasteiger partial charge in [-0.3, -0.25) is 4.79 Å². The van der Waals surface area contributed by atoms with Crippen LogP contribution < -0.4 is 11.1 Å². The Balaban J connectivity index is 0.00000144. The molecule has 2 aliphatic carbocycles. The summed E-state index contributed by atoms with van der Waals surface area (Å²) in [7, 11) is 0. The van der Waals surface area contributed by atoms with Crippen molar-refractivity contribution < 1.29 is 4.79 Å². The monoisotopic (exact) mass is 260 g/mol. The molecule has 0 bridgehead atoms. The van der Waals surface area contributed by atoms with Gasteiger partial charge in [0, 0.05) is 6.04 Å². The molecule has 0 radical (unpaired) electrons. The van der Waals surface area contributed by atoms with E-state index >= 15 is 0 Å². The van der Waals surface area contributed by atoms with Gasteiger partial charge in [-0.25, -0.2) is 0 Å². The van der Waals surface area contributed by atoms with Gasteiger partial charge in [0.25, 0.3) is 0 Å². The summed E-state index contributed by atoms with van der Waals surface area (Å²) in [5.41, 5.74) is 5.95. The first-order valence-corrected chi connectivity index (χ1v) is 6.69. The van der Waals surface area contributed by atoms with Crippen LogP contribution in [0.1, 0.15) is 46.0 Å². The average molecular weight is 261 g/mol. The Kier molecular flexibility index (Phi) is 5.26. The van der Waals surface area contributed by atoms with Gasteiger partial charge < -0.3 is 11.1 Å². The van der Waals surface area contributed by atoms with Crippen molar-refractivity contribution in [3.8, 4) is 0 Å². The highest BCUT2D eigenvalue weighted by Gasteiger charge is 2.42. The highest BCUT2D eigenvalue weighted by Crippen LogP contribution is 2.44. The molecule has 2 unspecified atom stereocenters. The van der Waals surface area contributed by atoms with E-state index in [4.69, 9.17) is 5.73 Å². The Labute approximate surface area is 110 Å². The van der Waals surface area contributed by atoms with Crippen molar-refractivity contribution >= 4 is 18.3 Å². The molecular formula is C13H25ClN2O. The van der Waals surface area contributed by atoms with Gasteiger partial charge in [0.15, 0.2) is 0 Å². The van der Waals surface area contributed by atoms with E-state index in [1.807, 2.05) is 6.92 Å². The van der Waals surface area contributed by atoms with Crippen LogP contribution in [0, 0.1) is 17.8 Å². The second-order valence-corrected chi connectivity index (χ2v) is 5.62. The Morgan fingerprint density at radius 1 is 1.29 bits per heavy atom.